The molecule has 1 saturated carbocycles. The SMILES string of the molecule is CC1(C)CCC(CN)(CC(=O)O)C1.Cl. The summed E-state index contributed by atoms with van der Waals surface area (Å²) < 4.78 is 0. The molecule has 0 amide bonds. The van der Waals surface area contributed by atoms with Crippen LogP contribution in [0.2, 0.25) is 0 Å². The summed E-state index contributed by atoms with van der Waals surface area (Å²) in [7, 11) is 0. The average Bonchev–Trinajstić information content (AvgIpc) is 2.26. The zero-order valence-electron chi connectivity index (χ0n) is 8.88. The molecule has 14 heavy (non-hydrogen) atoms. The van der Waals surface area contributed by atoms with Crippen LogP contribution in [0.3, 0.4) is 0 Å². The molecule has 0 spiro atoms. The van der Waals surface area contributed by atoms with Gasteiger partial charge in [-0.2, -0.15) is 0 Å². The van der Waals surface area contributed by atoms with Gasteiger partial charge >= 0.3 is 5.97 Å². The van der Waals surface area contributed by atoms with Gasteiger partial charge in [0.15, 0.2) is 0 Å². The summed E-state index contributed by atoms with van der Waals surface area (Å²) in [5.41, 5.74) is 5.82. The van der Waals surface area contributed by atoms with Gasteiger partial charge in [-0.1, -0.05) is 13.8 Å². The van der Waals surface area contributed by atoms with E-state index in [9.17, 15) is 4.79 Å². The molecule has 1 fully saturated rings. The van der Waals surface area contributed by atoms with Gasteiger partial charge in [0.05, 0.1) is 6.42 Å². The van der Waals surface area contributed by atoms with E-state index in [2.05, 4.69) is 13.8 Å². The van der Waals surface area contributed by atoms with Gasteiger partial charge in [-0.05, 0) is 36.6 Å². The Balaban J connectivity index is 0.00000169. The number of carboxylic acids is 1. The molecule has 3 N–H and O–H groups in total. The van der Waals surface area contributed by atoms with Crippen LogP contribution in [-0.2, 0) is 4.79 Å². The Morgan fingerprint density at radius 2 is 2.00 bits per heavy atom. The predicted octanol–water partition coefficient (Wildman–Crippen LogP) is 2.04. The van der Waals surface area contributed by atoms with Crippen molar-refractivity contribution in [1.29, 1.82) is 0 Å². The van der Waals surface area contributed by atoms with Crippen molar-refractivity contribution in [3.05, 3.63) is 0 Å². The van der Waals surface area contributed by atoms with Crippen LogP contribution in [0.25, 0.3) is 0 Å². The Kier molecular flexibility index (Phi) is 4.40. The summed E-state index contributed by atoms with van der Waals surface area (Å²) in [6, 6.07) is 0. The number of rotatable bonds is 3. The van der Waals surface area contributed by atoms with E-state index in [4.69, 9.17) is 10.8 Å². The lowest BCUT2D eigenvalue weighted by atomic mass is 9.79. The number of carboxylic acid groups (broad SMARTS) is 1. The quantitative estimate of drug-likeness (QED) is 0.767. The van der Waals surface area contributed by atoms with Gasteiger partial charge in [0.2, 0.25) is 0 Å². The normalized spacial score (nSPS) is 29.6. The van der Waals surface area contributed by atoms with E-state index >= 15 is 0 Å². The maximum Gasteiger partial charge on any atom is 0.303 e. The molecule has 0 saturated heterocycles. The molecule has 0 aromatic heterocycles. The first-order chi connectivity index (χ1) is 5.89. The first kappa shape index (κ1) is 13.7. The fraction of sp³-hybridized carbons (Fsp3) is 0.900. The largest absolute Gasteiger partial charge is 0.481 e. The molecule has 1 rings (SSSR count). The van der Waals surface area contributed by atoms with Gasteiger partial charge in [0, 0.05) is 0 Å². The lowest BCUT2D eigenvalue weighted by Gasteiger charge is -2.27. The summed E-state index contributed by atoms with van der Waals surface area (Å²) in [4.78, 5) is 10.7. The molecule has 4 heteroatoms. The van der Waals surface area contributed by atoms with Gasteiger partial charge in [-0.15, -0.1) is 12.4 Å². The molecule has 0 radical (unpaired) electrons. The summed E-state index contributed by atoms with van der Waals surface area (Å²) in [6.07, 6.45) is 3.23. The fourth-order valence-electron chi connectivity index (χ4n) is 2.51. The summed E-state index contributed by atoms with van der Waals surface area (Å²) >= 11 is 0. The molecule has 0 heterocycles. The molecule has 1 aliphatic carbocycles. The molecule has 1 atom stereocenters. The van der Waals surface area contributed by atoms with Crippen LogP contribution in [0.4, 0.5) is 0 Å². The fourth-order valence-corrected chi connectivity index (χ4v) is 2.51. The molecule has 1 unspecified atom stereocenters. The molecule has 84 valence electrons. The number of hydrogen-bond donors (Lipinski definition) is 2. The summed E-state index contributed by atoms with van der Waals surface area (Å²) in [5.74, 6) is -0.719. The van der Waals surface area contributed by atoms with Crippen molar-refractivity contribution in [3.8, 4) is 0 Å². The minimum Gasteiger partial charge on any atom is -0.481 e. The highest BCUT2D eigenvalue weighted by molar-refractivity contribution is 5.85. The lowest BCUT2D eigenvalue weighted by molar-refractivity contribution is -0.139. The Morgan fingerprint density at radius 1 is 1.43 bits per heavy atom. The second-order valence-corrected chi connectivity index (χ2v) is 5.12. The van der Waals surface area contributed by atoms with Crippen molar-refractivity contribution < 1.29 is 9.90 Å². The van der Waals surface area contributed by atoms with Crippen molar-refractivity contribution in [2.24, 2.45) is 16.6 Å². The molecule has 1 aliphatic rings. The van der Waals surface area contributed by atoms with Gasteiger partial charge in [-0.25, -0.2) is 0 Å². The molecular weight excluding hydrogens is 202 g/mol. The van der Waals surface area contributed by atoms with Gasteiger partial charge in [-0.3, -0.25) is 4.79 Å². The lowest BCUT2D eigenvalue weighted by Crippen LogP contribution is -2.31. The van der Waals surface area contributed by atoms with E-state index in [1.54, 1.807) is 0 Å². The van der Waals surface area contributed by atoms with E-state index in [0.29, 0.717) is 6.54 Å². The third-order valence-corrected chi connectivity index (χ3v) is 3.14. The zero-order chi connectivity index (χ0) is 10.1. The van der Waals surface area contributed by atoms with Crippen LogP contribution in [0.1, 0.15) is 39.5 Å². The first-order valence-electron chi connectivity index (χ1n) is 4.81. The van der Waals surface area contributed by atoms with E-state index in [1.165, 1.54) is 0 Å². The molecule has 0 aromatic rings. The van der Waals surface area contributed by atoms with Crippen LogP contribution in [0, 0.1) is 10.8 Å². The monoisotopic (exact) mass is 221 g/mol. The molecule has 0 aromatic carbocycles. The van der Waals surface area contributed by atoms with Crippen molar-refractivity contribution in [2.75, 3.05) is 6.54 Å². The topological polar surface area (TPSA) is 63.3 Å². The Bertz CT molecular complexity index is 218. The van der Waals surface area contributed by atoms with Gasteiger partial charge < -0.3 is 10.8 Å². The Hall–Kier alpha value is -0.280. The van der Waals surface area contributed by atoms with Crippen LogP contribution < -0.4 is 5.73 Å². The third-order valence-electron chi connectivity index (χ3n) is 3.14. The van der Waals surface area contributed by atoms with Crippen LogP contribution in [0.15, 0.2) is 0 Å². The Morgan fingerprint density at radius 3 is 2.29 bits per heavy atom. The van der Waals surface area contributed by atoms with Crippen LogP contribution in [0.5, 0.6) is 0 Å². The zero-order valence-corrected chi connectivity index (χ0v) is 9.69. The van der Waals surface area contributed by atoms with Crippen LogP contribution in [-0.4, -0.2) is 17.6 Å². The number of carbonyl (C=O) groups is 1. The maximum atomic E-state index is 10.7. The van der Waals surface area contributed by atoms with Crippen molar-refractivity contribution in [2.45, 2.75) is 39.5 Å². The number of nitrogens with two attached hydrogens (primary N) is 1. The molecule has 0 bridgehead atoms. The van der Waals surface area contributed by atoms with Gasteiger partial charge in [0.1, 0.15) is 0 Å². The Labute approximate surface area is 91.5 Å². The maximum absolute atomic E-state index is 10.7. The number of halogens is 1. The van der Waals surface area contributed by atoms with E-state index < -0.39 is 5.97 Å². The molecule has 3 nitrogen and oxygen atoms in total. The number of aliphatic carboxylic acids is 1. The van der Waals surface area contributed by atoms with Gasteiger partial charge in [0.25, 0.3) is 0 Å². The smallest absolute Gasteiger partial charge is 0.303 e. The second kappa shape index (κ2) is 4.49. The highest BCUT2D eigenvalue weighted by atomic mass is 35.5. The van der Waals surface area contributed by atoms with E-state index in [1.807, 2.05) is 0 Å². The van der Waals surface area contributed by atoms with E-state index in [-0.39, 0.29) is 29.7 Å². The molecule has 0 aliphatic heterocycles. The minimum atomic E-state index is -0.719. The first-order valence-corrected chi connectivity index (χ1v) is 4.81. The minimum absolute atomic E-state index is 0. The summed E-state index contributed by atoms with van der Waals surface area (Å²) in [5, 5.41) is 8.78. The predicted molar refractivity (Wildman–Crippen MR) is 58.6 cm³/mol. The van der Waals surface area contributed by atoms with Crippen molar-refractivity contribution >= 4 is 18.4 Å². The van der Waals surface area contributed by atoms with Crippen molar-refractivity contribution in [1.82, 2.24) is 0 Å². The number of hydrogen-bond acceptors (Lipinski definition) is 2. The average molecular weight is 222 g/mol. The third kappa shape index (κ3) is 3.14. The van der Waals surface area contributed by atoms with E-state index in [0.717, 1.165) is 19.3 Å². The molecular formula is C10H20ClNO2. The second-order valence-electron chi connectivity index (χ2n) is 5.12. The summed E-state index contributed by atoms with van der Waals surface area (Å²) in [6.45, 7) is 4.88. The highest BCUT2D eigenvalue weighted by Gasteiger charge is 2.43. The van der Waals surface area contributed by atoms with Crippen molar-refractivity contribution in [3.63, 3.8) is 0 Å². The highest BCUT2D eigenvalue weighted by Crippen LogP contribution is 2.50. The van der Waals surface area contributed by atoms with Crippen LogP contribution >= 0.6 is 12.4 Å². The standard InChI is InChI=1S/C10H19NO2.ClH/c1-9(2)3-4-10(6-9,7-11)5-8(12)13;/h3-7,11H2,1-2H3,(H,12,13);1H.